The Morgan fingerprint density at radius 2 is 1.10 bits per heavy atom. The van der Waals surface area contributed by atoms with E-state index >= 15 is 0 Å². The third-order valence-corrected chi connectivity index (χ3v) is 10.1. The van der Waals surface area contributed by atoms with Gasteiger partial charge in [-0.1, -0.05) is 133 Å². The lowest BCUT2D eigenvalue weighted by Crippen LogP contribution is -2.63. The Labute approximate surface area is 338 Å². The minimum absolute atomic E-state index is 0.235. The SMILES string of the molecule is COc1ccc(Cn2cnc3c(N[C@@H]4O[C@H](COCc5ccccc5)[C@@H](OCc5ccccc5)[C@H](OCc5ccccc5)[C@@H]4OCc4ccccc4)ncnc32)cc1. The fourth-order valence-electron chi connectivity index (χ4n) is 7.07. The summed E-state index contributed by atoms with van der Waals surface area (Å²) in [6.07, 6.45) is 0.154. The van der Waals surface area contributed by atoms with Crippen molar-refractivity contribution in [1.82, 2.24) is 19.5 Å². The Kier molecular flexibility index (Phi) is 13.1. The van der Waals surface area contributed by atoms with E-state index in [9.17, 15) is 0 Å². The molecule has 1 aliphatic rings. The van der Waals surface area contributed by atoms with Gasteiger partial charge in [-0.2, -0.15) is 0 Å². The molecule has 5 aromatic carbocycles. The van der Waals surface area contributed by atoms with Crippen LogP contribution in [-0.2, 0) is 56.7 Å². The average molecular weight is 778 g/mol. The number of fused-ring (bicyclic) bond motifs is 1. The number of nitrogens with one attached hydrogen (secondary N) is 1. The van der Waals surface area contributed by atoms with Gasteiger partial charge in [-0.05, 0) is 39.9 Å². The van der Waals surface area contributed by atoms with Crippen molar-refractivity contribution in [1.29, 1.82) is 0 Å². The summed E-state index contributed by atoms with van der Waals surface area (Å²) in [5.74, 6) is 1.30. The molecule has 0 aliphatic carbocycles. The van der Waals surface area contributed by atoms with Crippen LogP contribution in [0.3, 0.4) is 0 Å². The number of benzene rings is 5. The third-order valence-electron chi connectivity index (χ3n) is 10.1. The van der Waals surface area contributed by atoms with E-state index in [1.165, 1.54) is 6.33 Å². The number of rotatable bonds is 18. The molecular formula is C47H47N5O6. The smallest absolute Gasteiger partial charge is 0.165 e. The lowest BCUT2D eigenvalue weighted by molar-refractivity contribution is -0.267. The van der Waals surface area contributed by atoms with Crippen molar-refractivity contribution in [2.45, 2.75) is 63.6 Å². The maximum Gasteiger partial charge on any atom is 0.165 e. The molecule has 7 aromatic rings. The van der Waals surface area contributed by atoms with Gasteiger partial charge in [0.2, 0.25) is 0 Å². The molecule has 1 saturated heterocycles. The molecule has 8 rings (SSSR count). The van der Waals surface area contributed by atoms with E-state index in [1.54, 1.807) is 13.4 Å². The molecule has 0 unspecified atom stereocenters. The molecule has 0 amide bonds. The van der Waals surface area contributed by atoms with E-state index in [1.807, 2.05) is 138 Å². The monoisotopic (exact) mass is 777 g/mol. The summed E-state index contributed by atoms with van der Waals surface area (Å²) < 4.78 is 41.4. The fourth-order valence-corrected chi connectivity index (χ4v) is 7.07. The van der Waals surface area contributed by atoms with Crippen LogP contribution in [0.2, 0.25) is 0 Å². The van der Waals surface area contributed by atoms with Crippen LogP contribution in [0, 0.1) is 0 Å². The van der Waals surface area contributed by atoms with Gasteiger partial charge in [0, 0.05) is 0 Å². The Balaban J connectivity index is 1.13. The molecule has 0 radical (unpaired) electrons. The lowest BCUT2D eigenvalue weighted by atomic mass is 9.96. The molecule has 0 bridgehead atoms. The number of hydrogen-bond acceptors (Lipinski definition) is 10. The molecule has 296 valence electrons. The predicted octanol–water partition coefficient (Wildman–Crippen LogP) is 7.99. The summed E-state index contributed by atoms with van der Waals surface area (Å²) in [5, 5.41) is 3.58. The Morgan fingerprint density at radius 3 is 1.67 bits per heavy atom. The zero-order valence-electron chi connectivity index (χ0n) is 32.4. The normalized spacial score (nSPS) is 19.2. The first-order chi connectivity index (χ1) is 28.7. The zero-order chi connectivity index (χ0) is 39.4. The number of hydrogen-bond donors (Lipinski definition) is 1. The van der Waals surface area contributed by atoms with Crippen molar-refractivity contribution in [2.75, 3.05) is 19.0 Å². The van der Waals surface area contributed by atoms with Gasteiger partial charge in [-0.15, -0.1) is 0 Å². The molecule has 1 aliphatic heterocycles. The summed E-state index contributed by atoms with van der Waals surface area (Å²) >= 11 is 0. The summed E-state index contributed by atoms with van der Waals surface area (Å²) in [6.45, 7) is 2.20. The molecule has 0 spiro atoms. The fraction of sp³-hybridized carbons (Fsp3) is 0.255. The van der Waals surface area contributed by atoms with Crippen molar-refractivity contribution in [3.8, 4) is 5.75 Å². The second kappa shape index (κ2) is 19.5. The van der Waals surface area contributed by atoms with Gasteiger partial charge >= 0.3 is 0 Å². The van der Waals surface area contributed by atoms with Gasteiger partial charge in [0.1, 0.15) is 36.5 Å². The molecule has 0 saturated carbocycles. The average Bonchev–Trinajstić information content (AvgIpc) is 3.69. The number of anilines is 1. The molecule has 2 aromatic heterocycles. The largest absolute Gasteiger partial charge is 0.497 e. The topological polar surface area (TPSA) is 111 Å². The molecular weight excluding hydrogens is 731 g/mol. The Morgan fingerprint density at radius 1 is 0.569 bits per heavy atom. The summed E-state index contributed by atoms with van der Waals surface area (Å²) in [4.78, 5) is 14.1. The zero-order valence-corrected chi connectivity index (χ0v) is 32.4. The van der Waals surface area contributed by atoms with Crippen LogP contribution < -0.4 is 10.1 Å². The van der Waals surface area contributed by atoms with Crippen molar-refractivity contribution >= 4 is 17.0 Å². The minimum atomic E-state index is -0.753. The van der Waals surface area contributed by atoms with Gasteiger partial charge in [0.25, 0.3) is 0 Å². The quantitative estimate of drug-likeness (QED) is 0.0921. The number of nitrogens with zero attached hydrogens (tertiary/aromatic N) is 4. The summed E-state index contributed by atoms with van der Waals surface area (Å²) in [6, 6.07) is 48.3. The third kappa shape index (κ3) is 9.94. The maximum absolute atomic E-state index is 7.01. The van der Waals surface area contributed by atoms with Crippen molar-refractivity contribution in [2.24, 2.45) is 0 Å². The number of imidazole rings is 1. The molecule has 1 N–H and O–H groups in total. The van der Waals surface area contributed by atoms with E-state index in [4.69, 9.17) is 33.4 Å². The maximum atomic E-state index is 7.01. The van der Waals surface area contributed by atoms with Gasteiger partial charge in [-0.25, -0.2) is 15.0 Å². The first-order valence-electron chi connectivity index (χ1n) is 19.5. The highest BCUT2D eigenvalue weighted by atomic mass is 16.6. The minimum Gasteiger partial charge on any atom is -0.497 e. The highest BCUT2D eigenvalue weighted by Gasteiger charge is 2.49. The van der Waals surface area contributed by atoms with Crippen molar-refractivity contribution in [3.63, 3.8) is 0 Å². The second-order valence-corrected chi connectivity index (χ2v) is 14.1. The van der Waals surface area contributed by atoms with Crippen LogP contribution in [0.25, 0.3) is 11.2 Å². The van der Waals surface area contributed by atoms with Crippen LogP contribution in [0.4, 0.5) is 5.82 Å². The van der Waals surface area contributed by atoms with E-state index < -0.39 is 30.6 Å². The molecule has 11 nitrogen and oxygen atoms in total. The Bertz CT molecular complexity index is 2280. The summed E-state index contributed by atoms with van der Waals surface area (Å²) in [5.41, 5.74) is 6.49. The van der Waals surface area contributed by atoms with Crippen molar-refractivity contribution < 1.29 is 28.4 Å². The first-order valence-corrected chi connectivity index (χ1v) is 19.5. The number of aromatic nitrogens is 4. The Hall–Kier alpha value is -5.95. The molecule has 11 heteroatoms. The van der Waals surface area contributed by atoms with E-state index in [0.29, 0.717) is 50.0 Å². The standard InChI is InChI=1S/C47H47N5O6/c1-53-39-24-22-34(23-25-39)26-52-33-50-41-45(48-32-49-46(41)52)51-47-44(57-30-38-20-12-5-13-21-38)43(56-29-37-18-10-4-11-19-37)42(55-28-36-16-8-3-9-17-36)40(58-47)31-54-27-35-14-6-2-7-15-35/h2-25,32-33,40,42-44,47H,26-31H2,1H3,(H,48,49,51)/t40-,42-,43+,44+,47-/m1/s1. The van der Waals surface area contributed by atoms with Crippen LogP contribution >= 0.6 is 0 Å². The molecule has 1 fully saturated rings. The van der Waals surface area contributed by atoms with Crippen LogP contribution in [0.15, 0.2) is 158 Å². The van der Waals surface area contributed by atoms with Crippen molar-refractivity contribution in [3.05, 3.63) is 186 Å². The van der Waals surface area contributed by atoms with Gasteiger partial charge in [-0.3, -0.25) is 0 Å². The second-order valence-electron chi connectivity index (χ2n) is 14.1. The van der Waals surface area contributed by atoms with Gasteiger partial charge in [0.05, 0.1) is 53.0 Å². The van der Waals surface area contributed by atoms with Crippen LogP contribution in [0.5, 0.6) is 5.75 Å². The number of methoxy groups -OCH3 is 1. The highest BCUT2D eigenvalue weighted by Crippen LogP contribution is 2.33. The lowest BCUT2D eigenvalue weighted by Gasteiger charge is -2.46. The van der Waals surface area contributed by atoms with Crippen LogP contribution in [-0.4, -0.2) is 63.9 Å². The van der Waals surface area contributed by atoms with Gasteiger partial charge < -0.3 is 38.3 Å². The van der Waals surface area contributed by atoms with Gasteiger partial charge in [0.15, 0.2) is 23.2 Å². The van der Waals surface area contributed by atoms with E-state index in [0.717, 1.165) is 33.6 Å². The van der Waals surface area contributed by atoms with E-state index in [-0.39, 0.29) is 6.61 Å². The molecule has 5 atom stereocenters. The first kappa shape index (κ1) is 38.9. The molecule has 3 heterocycles. The van der Waals surface area contributed by atoms with E-state index in [2.05, 4.69) is 27.4 Å². The highest BCUT2D eigenvalue weighted by molar-refractivity contribution is 5.82. The predicted molar refractivity (Wildman–Crippen MR) is 221 cm³/mol. The molecule has 58 heavy (non-hydrogen) atoms. The van der Waals surface area contributed by atoms with Crippen LogP contribution in [0.1, 0.15) is 27.8 Å². The number of ether oxygens (including phenoxy) is 6. The summed E-state index contributed by atoms with van der Waals surface area (Å²) in [7, 11) is 1.66.